The summed E-state index contributed by atoms with van der Waals surface area (Å²) in [5, 5.41) is 0. The molecule has 216 valence electrons. The summed E-state index contributed by atoms with van der Waals surface area (Å²) >= 11 is 0. The lowest BCUT2D eigenvalue weighted by Gasteiger charge is -1.86. The molecular weight excluding hydrogens is 560 g/mol. The highest BCUT2D eigenvalue weighted by Crippen LogP contribution is 1.92. The second-order valence-electron chi connectivity index (χ2n) is 6.72. The van der Waals surface area contributed by atoms with Crippen LogP contribution >= 0.6 is 0 Å². The van der Waals surface area contributed by atoms with Crippen molar-refractivity contribution in [1.82, 2.24) is 9.97 Å². The summed E-state index contributed by atoms with van der Waals surface area (Å²) in [6.45, 7) is 5.46. The maximum absolute atomic E-state index is 9.79. The number of benzene rings is 1. The van der Waals surface area contributed by atoms with Gasteiger partial charge in [0, 0.05) is 24.8 Å². The predicted molar refractivity (Wildman–Crippen MR) is 147 cm³/mol. The van der Waals surface area contributed by atoms with Gasteiger partial charge in [-0.1, -0.05) is 61.9 Å². The van der Waals surface area contributed by atoms with Gasteiger partial charge in [0.05, 0.1) is 11.5 Å². The molecule has 0 aliphatic rings. The molecule has 0 unspecified atom stereocenters. The zero-order chi connectivity index (χ0) is 29.9. The van der Waals surface area contributed by atoms with Crippen molar-refractivity contribution in [3.63, 3.8) is 0 Å². The molecular formula is C23H36N2O10S3. The molecule has 0 atom stereocenters. The van der Waals surface area contributed by atoms with E-state index in [-0.39, 0.29) is 11.5 Å². The van der Waals surface area contributed by atoms with Crippen molar-refractivity contribution in [2.45, 2.75) is 33.6 Å². The topological polar surface area (TPSA) is 209 Å². The zero-order valence-electron chi connectivity index (χ0n) is 21.3. The highest BCUT2D eigenvalue weighted by molar-refractivity contribution is 7.86. The van der Waals surface area contributed by atoms with E-state index in [2.05, 4.69) is 29.0 Å². The standard InChI is InChI=1S/C7H8.2C5H5N.2C3H8O3S.H2O4S/c1-7-5-3-2-4-6-7;2*1-2-4-6-5-3-1;2*1-2-3-7(4,5)6;1-5(2,3)4/h2-6H,1H3;2*1-5H;2*2-3H2,1H3,(H,4,5,6);(H2,1,2,3,4). The van der Waals surface area contributed by atoms with E-state index in [1.807, 2.05) is 54.6 Å². The minimum atomic E-state index is -4.67. The van der Waals surface area contributed by atoms with Crippen LogP contribution in [0.4, 0.5) is 0 Å². The molecule has 0 saturated carbocycles. The molecule has 3 rings (SSSR count). The SMILES string of the molecule is CCCS(=O)(=O)O.CCCS(=O)(=O)O.Cc1ccccc1.O=S(=O)(O)O.c1ccncc1.c1ccncc1. The van der Waals surface area contributed by atoms with Crippen molar-refractivity contribution in [3.8, 4) is 0 Å². The van der Waals surface area contributed by atoms with Crippen molar-refractivity contribution >= 4 is 30.6 Å². The molecule has 0 bridgehead atoms. The fourth-order valence-corrected chi connectivity index (χ4v) is 2.71. The van der Waals surface area contributed by atoms with E-state index in [9.17, 15) is 16.8 Å². The summed E-state index contributed by atoms with van der Waals surface area (Å²) in [4.78, 5) is 7.57. The lowest BCUT2D eigenvalue weighted by Crippen LogP contribution is -2.01. The number of rotatable bonds is 4. The van der Waals surface area contributed by atoms with Crippen LogP contribution in [-0.2, 0) is 30.6 Å². The zero-order valence-corrected chi connectivity index (χ0v) is 23.8. The number of aryl methyl sites for hydroxylation is 1. The molecule has 0 aliphatic heterocycles. The van der Waals surface area contributed by atoms with Gasteiger partial charge < -0.3 is 0 Å². The first kappa shape index (κ1) is 39.7. The highest BCUT2D eigenvalue weighted by Gasteiger charge is 1.98. The second-order valence-corrected chi connectivity index (χ2v) is 10.8. The largest absolute Gasteiger partial charge is 0.394 e. The van der Waals surface area contributed by atoms with Gasteiger partial charge in [-0.05, 0) is 44.0 Å². The van der Waals surface area contributed by atoms with E-state index < -0.39 is 30.6 Å². The van der Waals surface area contributed by atoms with Crippen LogP contribution in [0.3, 0.4) is 0 Å². The summed E-state index contributed by atoms with van der Waals surface area (Å²) in [6, 6.07) is 21.7. The Bertz CT molecular complexity index is 1090. The Labute approximate surface area is 225 Å². The van der Waals surface area contributed by atoms with Gasteiger partial charge >= 0.3 is 10.4 Å². The number of nitrogens with zero attached hydrogens (tertiary/aromatic N) is 2. The fraction of sp³-hybridized carbons (Fsp3) is 0.304. The Hall–Kier alpha value is -2.79. The van der Waals surface area contributed by atoms with Gasteiger partial charge in [0.2, 0.25) is 0 Å². The summed E-state index contributed by atoms with van der Waals surface area (Å²) in [5.41, 5.74) is 1.32. The van der Waals surface area contributed by atoms with E-state index in [4.69, 9.17) is 26.6 Å². The molecule has 0 spiro atoms. The van der Waals surface area contributed by atoms with Crippen LogP contribution in [0.25, 0.3) is 0 Å². The van der Waals surface area contributed by atoms with E-state index in [0.29, 0.717) is 12.8 Å². The number of hydrogen-bond donors (Lipinski definition) is 4. The summed E-state index contributed by atoms with van der Waals surface area (Å²) in [5.74, 6) is -0.264. The summed E-state index contributed by atoms with van der Waals surface area (Å²) in [7, 11) is -12.0. The first-order chi connectivity index (χ1) is 17.5. The number of hydrogen-bond acceptors (Lipinski definition) is 8. The van der Waals surface area contributed by atoms with Crippen LogP contribution in [0.15, 0.2) is 91.5 Å². The molecule has 1 aromatic carbocycles. The normalized spacial score (nSPS) is 9.97. The quantitative estimate of drug-likeness (QED) is 0.314. The molecule has 0 aliphatic carbocycles. The predicted octanol–water partition coefficient (Wildman–Crippen LogP) is 4.07. The molecule has 3 aromatic rings. The Balaban J connectivity index is -0.000000388. The first-order valence-corrected chi connectivity index (χ1v) is 15.4. The van der Waals surface area contributed by atoms with E-state index in [1.165, 1.54) is 5.56 Å². The van der Waals surface area contributed by atoms with Crippen LogP contribution in [-0.4, -0.2) is 64.9 Å². The Morgan fingerprint density at radius 1 is 0.553 bits per heavy atom. The Morgan fingerprint density at radius 2 is 0.816 bits per heavy atom. The smallest absolute Gasteiger partial charge is 0.286 e. The van der Waals surface area contributed by atoms with Crippen molar-refractivity contribution in [1.29, 1.82) is 0 Å². The summed E-state index contributed by atoms with van der Waals surface area (Å²) < 4.78 is 86.7. The first-order valence-electron chi connectivity index (χ1n) is 10.8. The third-order valence-electron chi connectivity index (χ3n) is 3.00. The Morgan fingerprint density at radius 3 is 0.895 bits per heavy atom. The van der Waals surface area contributed by atoms with Crippen LogP contribution in [0, 0.1) is 6.92 Å². The molecule has 2 heterocycles. The number of pyridine rings is 2. The van der Waals surface area contributed by atoms with Crippen molar-refractivity contribution in [3.05, 3.63) is 97.1 Å². The van der Waals surface area contributed by atoms with Gasteiger partial charge in [-0.25, -0.2) is 0 Å². The van der Waals surface area contributed by atoms with Gasteiger partial charge in [0.1, 0.15) is 0 Å². The lowest BCUT2D eigenvalue weighted by molar-refractivity contribution is 0.380. The second kappa shape index (κ2) is 24.5. The van der Waals surface area contributed by atoms with Crippen molar-refractivity contribution < 1.29 is 43.5 Å². The lowest BCUT2D eigenvalue weighted by atomic mass is 10.2. The molecule has 0 fully saturated rings. The van der Waals surface area contributed by atoms with Gasteiger partial charge in [-0.2, -0.15) is 25.3 Å². The van der Waals surface area contributed by atoms with Crippen molar-refractivity contribution in [2.75, 3.05) is 11.5 Å². The van der Waals surface area contributed by atoms with Gasteiger partial charge in [0.25, 0.3) is 20.2 Å². The Kier molecular flexibility index (Phi) is 25.7. The van der Waals surface area contributed by atoms with Gasteiger partial charge in [-0.3, -0.25) is 28.2 Å². The third-order valence-corrected chi connectivity index (χ3v) is 4.85. The van der Waals surface area contributed by atoms with Crippen LogP contribution < -0.4 is 0 Å². The summed E-state index contributed by atoms with van der Waals surface area (Å²) in [6.07, 6.45) is 7.94. The maximum Gasteiger partial charge on any atom is 0.394 e. The molecule has 15 heteroatoms. The molecule has 38 heavy (non-hydrogen) atoms. The average Bonchev–Trinajstić information content (AvgIpc) is 2.81. The van der Waals surface area contributed by atoms with Gasteiger partial charge in [0.15, 0.2) is 0 Å². The molecule has 12 nitrogen and oxygen atoms in total. The van der Waals surface area contributed by atoms with E-state index >= 15 is 0 Å². The highest BCUT2D eigenvalue weighted by atomic mass is 32.3. The minimum absolute atomic E-state index is 0.132. The average molecular weight is 597 g/mol. The van der Waals surface area contributed by atoms with Crippen LogP contribution in [0.2, 0.25) is 0 Å². The molecule has 0 saturated heterocycles. The molecule has 0 radical (unpaired) electrons. The number of aromatic nitrogens is 2. The van der Waals surface area contributed by atoms with E-state index in [1.54, 1.807) is 38.6 Å². The fourth-order valence-electron chi connectivity index (χ4n) is 1.68. The van der Waals surface area contributed by atoms with E-state index in [0.717, 1.165) is 0 Å². The molecule has 2 aromatic heterocycles. The van der Waals surface area contributed by atoms with Crippen molar-refractivity contribution in [2.24, 2.45) is 0 Å². The van der Waals surface area contributed by atoms with Gasteiger partial charge in [-0.15, -0.1) is 0 Å². The van der Waals surface area contributed by atoms with Crippen LogP contribution in [0.5, 0.6) is 0 Å². The minimum Gasteiger partial charge on any atom is -0.286 e. The maximum atomic E-state index is 9.79. The molecule has 0 amide bonds. The molecule has 4 N–H and O–H groups in total. The monoisotopic (exact) mass is 596 g/mol. The third kappa shape index (κ3) is 54.2. The van der Waals surface area contributed by atoms with Crippen LogP contribution in [0.1, 0.15) is 32.3 Å².